The molecule has 19 heavy (non-hydrogen) atoms. The molecule has 2 aromatic rings. The van der Waals surface area contributed by atoms with Gasteiger partial charge in [0.15, 0.2) is 11.6 Å². The second kappa shape index (κ2) is 4.09. The van der Waals surface area contributed by atoms with E-state index in [2.05, 4.69) is 10.1 Å². The molecule has 0 amide bonds. The SMILES string of the molecule is CC(N)(c1nc(-c2ccc(F)c(F)c2)no1)C1CC1. The Morgan fingerprint density at radius 2 is 2.05 bits per heavy atom. The van der Waals surface area contributed by atoms with Gasteiger partial charge in [0.25, 0.3) is 0 Å². The lowest BCUT2D eigenvalue weighted by Gasteiger charge is -2.18. The van der Waals surface area contributed by atoms with E-state index in [1.165, 1.54) is 6.07 Å². The summed E-state index contributed by atoms with van der Waals surface area (Å²) < 4.78 is 31.2. The topological polar surface area (TPSA) is 64.9 Å². The maximum atomic E-state index is 13.2. The first-order chi connectivity index (χ1) is 8.98. The molecule has 3 rings (SSSR count). The van der Waals surface area contributed by atoms with Crippen molar-refractivity contribution in [2.24, 2.45) is 11.7 Å². The molecule has 1 heterocycles. The fourth-order valence-electron chi connectivity index (χ4n) is 2.05. The summed E-state index contributed by atoms with van der Waals surface area (Å²) in [5, 5.41) is 3.78. The third kappa shape index (κ3) is 2.12. The molecule has 6 heteroatoms. The van der Waals surface area contributed by atoms with Crippen molar-refractivity contribution in [3.63, 3.8) is 0 Å². The van der Waals surface area contributed by atoms with Gasteiger partial charge in [-0.15, -0.1) is 0 Å². The first-order valence-corrected chi connectivity index (χ1v) is 6.07. The Bertz CT molecular complexity index is 620. The standard InChI is InChI=1S/C13H13F2N3O/c1-13(16,8-3-4-8)12-17-11(18-19-12)7-2-5-9(14)10(15)6-7/h2,5-6,8H,3-4,16H2,1H3. The largest absolute Gasteiger partial charge is 0.337 e. The summed E-state index contributed by atoms with van der Waals surface area (Å²) in [5.41, 5.74) is 5.86. The molecule has 1 saturated carbocycles. The summed E-state index contributed by atoms with van der Waals surface area (Å²) >= 11 is 0. The number of benzene rings is 1. The summed E-state index contributed by atoms with van der Waals surface area (Å²) in [4.78, 5) is 4.19. The van der Waals surface area contributed by atoms with Gasteiger partial charge in [0.05, 0.1) is 5.54 Å². The lowest BCUT2D eigenvalue weighted by atomic mass is 9.97. The number of nitrogens with zero attached hydrogens (tertiary/aromatic N) is 2. The van der Waals surface area contributed by atoms with Crippen molar-refractivity contribution in [1.82, 2.24) is 10.1 Å². The van der Waals surface area contributed by atoms with E-state index in [9.17, 15) is 8.78 Å². The molecule has 100 valence electrons. The van der Waals surface area contributed by atoms with Crippen LogP contribution in [0.15, 0.2) is 22.7 Å². The second-order valence-corrected chi connectivity index (χ2v) is 5.11. The third-order valence-corrected chi connectivity index (χ3v) is 3.49. The summed E-state index contributed by atoms with van der Waals surface area (Å²) in [6.07, 6.45) is 2.08. The van der Waals surface area contributed by atoms with E-state index in [0.29, 0.717) is 17.4 Å². The van der Waals surface area contributed by atoms with Crippen molar-refractivity contribution in [3.8, 4) is 11.4 Å². The van der Waals surface area contributed by atoms with Gasteiger partial charge in [-0.25, -0.2) is 8.78 Å². The van der Waals surface area contributed by atoms with Crippen LogP contribution < -0.4 is 5.73 Å². The van der Waals surface area contributed by atoms with Crippen LogP contribution >= 0.6 is 0 Å². The summed E-state index contributed by atoms with van der Waals surface area (Å²) in [5.74, 6) is -0.970. The van der Waals surface area contributed by atoms with Gasteiger partial charge < -0.3 is 10.3 Å². The van der Waals surface area contributed by atoms with Gasteiger partial charge >= 0.3 is 0 Å². The lowest BCUT2D eigenvalue weighted by Crippen LogP contribution is -2.35. The van der Waals surface area contributed by atoms with E-state index >= 15 is 0 Å². The number of halogens is 2. The smallest absolute Gasteiger partial charge is 0.247 e. The highest BCUT2D eigenvalue weighted by Gasteiger charge is 2.43. The Balaban J connectivity index is 1.94. The molecule has 1 aromatic carbocycles. The van der Waals surface area contributed by atoms with Crippen molar-refractivity contribution < 1.29 is 13.3 Å². The van der Waals surface area contributed by atoms with Crippen molar-refractivity contribution >= 4 is 0 Å². The number of aromatic nitrogens is 2. The minimum absolute atomic E-state index is 0.214. The Hall–Kier alpha value is -1.82. The molecule has 1 atom stereocenters. The zero-order valence-electron chi connectivity index (χ0n) is 10.4. The molecule has 2 N–H and O–H groups in total. The molecule has 1 unspecified atom stereocenters. The maximum Gasteiger partial charge on any atom is 0.247 e. The summed E-state index contributed by atoms with van der Waals surface area (Å²) in [7, 11) is 0. The van der Waals surface area contributed by atoms with E-state index in [0.717, 1.165) is 25.0 Å². The van der Waals surface area contributed by atoms with Gasteiger partial charge in [0, 0.05) is 5.56 Å². The first kappa shape index (κ1) is 12.2. The molecular weight excluding hydrogens is 252 g/mol. The number of rotatable bonds is 3. The van der Waals surface area contributed by atoms with Crippen LogP contribution in [0.2, 0.25) is 0 Å². The average molecular weight is 265 g/mol. The number of hydrogen-bond acceptors (Lipinski definition) is 4. The maximum absolute atomic E-state index is 13.2. The van der Waals surface area contributed by atoms with Gasteiger partial charge in [-0.1, -0.05) is 5.16 Å². The van der Waals surface area contributed by atoms with Crippen molar-refractivity contribution in [2.45, 2.75) is 25.3 Å². The fourth-order valence-corrected chi connectivity index (χ4v) is 2.05. The van der Waals surface area contributed by atoms with Crippen molar-refractivity contribution in [1.29, 1.82) is 0 Å². The van der Waals surface area contributed by atoms with E-state index < -0.39 is 17.2 Å². The van der Waals surface area contributed by atoms with Crippen LogP contribution in [0.5, 0.6) is 0 Å². The Morgan fingerprint density at radius 3 is 2.68 bits per heavy atom. The Labute approximate surface area is 108 Å². The van der Waals surface area contributed by atoms with Crippen LogP contribution in [0.3, 0.4) is 0 Å². The van der Waals surface area contributed by atoms with Crippen LogP contribution in [0.1, 0.15) is 25.7 Å². The zero-order valence-corrected chi connectivity index (χ0v) is 10.4. The molecule has 1 aliphatic rings. The first-order valence-electron chi connectivity index (χ1n) is 6.07. The van der Waals surface area contributed by atoms with Crippen LogP contribution in [-0.4, -0.2) is 10.1 Å². The average Bonchev–Trinajstić information content (AvgIpc) is 3.11. The van der Waals surface area contributed by atoms with Crippen LogP contribution in [0.4, 0.5) is 8.78 Å². The van der Waals surface area contributed by atoms with Crippen molar-refractivity contribution in [3.05, 3.63) is 35.7 Å². The fraction of sp³-hybridized carbons (Fsp3) is 0.385. The monoisotopic (exact) mass is 265 g/mol. The Kier molecular flexibility index (Phi) is 2.63. The van der Waals surface area contributed by atoms with Gasteiger partial charge in [-0.2, -0.15) is 4.98 Å². The summed E-state index contributed by atoms with van der Waals surface area (Å²) in [6, 6.07) is 3.47. The second-order valence-electron chi connectivity index (χ2n) is 5.11. The van der Waals surface area contributed by atoms with E-state index in [-0.39, 0.29) is 5.82 Å². The molecule has 0 radical (unpaired) electrons. The van der Waals surface area contributed by atoms with Gasteiger partial charge in [0.1, 0.15) is 0 Å². The number of hydrogen-bond donors (Lipinski definition) is 1. The molecule has 1 aliphatic carbocycles. The van der Waals surface area contributed by atoms with E-state index in [1.807, 2.05) is 6.92 Å². The molecule has 4 nitrogen and oxygen atoms in total. The zero-order chi connectivity index (χ0) is 13.6. The quantitative estimate of drug-likeness (QED) is 0.926. The van der Waals surface area contributed by atoms with Crippen LogP contribution in [0, 0.1) is 17.6 Å². The molecule has 0 saturated heterocycles. The van der Waals surface area contributed by atoms with Gasteiger partial charge in [-0.3, -0.25) is 0 Å². The highest BCUT2D eigenvalue weighted by atomic mass is 19.2. The van der Waals surface area contributed by atoms with Gasteiger partial charge in [-0.05, 0) is 43.9 Å². The summed E-state index contributed by atoms with van der Waals surface area (Å²) in [6.45, 7) is 1.84. The minimum Gasteiger partial charge on any atom is -0.337 e. The lowest BCUT2D eigenvalue weighted by molar-refractivity contribution is 0.273. The van der Waals surface area contributed by atoms with Crippen LogP contribution in [-0.2, 0) is 5.54 Å². The molecule has 0 bridgehead atoms. The van der Waals surface area contributed by atoms with E-state index in [1.54, 1.807) is 0 Å². The van der Waals surface area contributed by atoms with E-state index in [4.69, 9.17) is 10.3 Å². The highest BCUT2D eigenvalue weighted by Crippen LogP contribution is 2.43. The molecule has 0 spiro atoms. The van der Waals surface area contributed by atoms with Gasteiger partial charge in [0.2, 0.25) is 11.7 Å². The molecule has 1 fully saturated rings. The highest BCUT2D eigenvalue weighted by molar-refractivity contribution is 5.54. The predicted molar refractivity (Wildman–Crippen MR) is 63.9 cm³/mol. The number of nitrogens with two attached hydrogens (primary N) is 1. The molecule has 1 aromatic heterocycles. The third-order valence-electron chi connectivity index (χ3n) is 3.49. The molecular formula is C13H13F2N3O. The predicted octanol–water partition coefficient (Wildman–Crippen LogP) is 2.60. The Morgan fingerprint density at radius 1 is 1.32 bits per heavy atom. The normalized spacial score (nSPS) is 18.3. The molecule has 0 aliphatic heterocycles. The minimum atomic E-state index is -0.943. The van der Waals surface area contributed by atoms with Crippen molar-refractivity contribution in [2.75, 3.05) is 0 Å². The van der Waals surface area contributed by atoms with Crippen LogP contribution in [0.25, 0.3) is 11.4 Å².